The third-order valence-electron chi connectivity index (χ3n) is 3.95. The van der Waals surface area contributed by atoms with Gasteiger partial charge < -0.3 is 5.73 Å². The lowest BCUT2D eigenvalue weighted by Crippen LogP contribution is -2.21. The summed E-state index contributed by atoms with van der Waals surface area (Å²) in [7, 11) is 0. The highest BCUT2D eigenvalue weighted by molar-refractivity contribution is 5.88. The number of nitrogens with zero attached hydrogens (tertiary/aromatic N) is 1. The summed E-state index contributed by atoms with van der Waals surface area (Å²) in [4.78, 5) is 4.76. The fourth-order valence-electron chi connectivity index (χ4n) is 3.12. The molecule has 1 unspecified atom stereocenters. The molecule has 3 rings (SSSR count). The maximum atomic E-state index is 6.20. The minimum atomic E-state index is 0.631. The molecule has 2 N–H and O–H groups in total. The van der Waals surface area contributed by atoms with Crippen LogP contribution in [-0.2, 0) is 12.8 Å². The van der Waals surface area contributed by atoms with Crippen molar-refractivity contribution in [2.45, 2.75) is 45.4 Å². The summed E-state index contributed by atoms with van der Waals surface area (Å²) < 4.78 is 0. The van der Waals surface area contributed by atoms with Gasteiger partial charge in [-0.25, -0.2) is 0 Å². The number of rotatable bonds is 2. The molecule has 1 aromatic heterocycles. The molecule has 2 nitrogen and oxygen atoms in total. The summed E-state index contributed by atoms with van der Waals surface area (Å²) in [6, 6.07) is 0. The van der Waals surface area contributed by atoms with E-state index in [9.17, 15) is 0 Å². The molecule has 0 amide bonds. The predicted octanol–water partition coefficient (Wildman–Crippen LogP) is 3.06. The first-order valence-electron chi connectivity index (χ1n) is 6.29. The van der Waals surface area contributed by atoms with Gasteiger partial charge in [-0.3, -0.25) is 4.98 Å². The molecule has 1 atom stereocenters. The van der Waals surface area contributed by atoms with Crippen LogP contribution in [0, 0.1) is 0 Å². The van der Waals surface area contributed by atoms with E-state index in [2.05, 4.69) is 19.9 Å². The van der Waals surface area contributed by atoms with E-state index >= 15 is 0 Å². The number of allylic oxidation sites excluding steroid dienone is 2. The molecule has 16 heavy (non-hydrogen) atoms. The number of fused-ring (bicyclic) bond motifs is 4. The van der Waals surface area contributed by atoms with E-state index in [0.717, 1.165) is 24.2 Å². The van der Waals surface area contributed by atoms with Crippen LogP contribution >= 0.6 is 0 Å². The first-order chi connectivity index (χ1) is 7.77. The van der Waals surface area contributed by atoms with Gasteiger partial charge in [-0.2, -0.15) is 0 Å². The number of nitrogen functional groups attached to an aromatic ring is 1. The van der Waals surface area contributed by atoms with Gasteiger partial charge in [-0.05, 0) is 36.8 Å². The summed E-state index contributed by atoms with van der Waals surface area (Å²) >= 11 is 0. The van der Waals surface area contributed by atoms with Gasteiger partial charge in [0, 0.05) is 11.5 Å². The highest BCUT2D eigenvalue weighted by Gasteiger charge is 2.38. The molecular weight excluding hydrogens is 196 g/mol. The van der Waals surface area contributed by atoms with Gasteiger partial charge in [0.1, 0.15) is 0 Å². The molecule has 2 heteroatoms. The standard InChI is InChI=1S/C14H18N2/c1-3-8-12-9-6-5-7-10(9)14(12)16-11(4-2)13(8)15/h6,10H,3-5,7,15H2,1-2H3. The van der Waals surface area contributed by atoms with Crippen LogP contribution in [0.3, 0.4) is 0 Å². The Kier molecular flexibility index (Phi) is 2.06. The van der Waals surface area contributed by atoms with Crippen molar-refractivity contribution in [1.29, 1.82) is 0 Å². The zero-order valence-corrected chi connectivity index (χ0v) is 10.0. The topological polar surface area (TPSA) is 38.9 Å². The number of pyridine rings is 1. The van der Waals surface area contributed by atoms with Crippen molar-refractivity contribution >= 4 is 11.3 Å². The first-order valence-corrected chi connectivity index (χ1v) is 6.29. The number of aromatic nitrogens is 1. The Labute approximate surface area is 96.6 Å². The van der Waals surface area contributed by atoms with Gasteiger partial charge in [-0.15, -0.1) is 0 Å². The third-order valence-corrected chi connectivity index (χ3v) is 3.95. The Morgan fingerprint density at radius 1 is 1.38 bits per heavy atom. The highest BCUT2D eigenvalue weighted by atomic mass is 14.8. The van der Waals surface area contributed by atoms with Crippen molar-refractivity contribution in [3.8, 4) is 0 Å². The maximum absolute atomic E-state index is 6.20. The molecule has 0 aromatic carbocycles. The summed E-state index contributed by atoms with van der Waals surface area (Å²) in [5.41, 5.74) is 13.8. The van der Waals surface area contributed by atoms with E-state index in [1.54, 1.807) is 0 Å². The van der Waals surface area contributed by atoms with Crippen LogP contribution in [0.1, 0.15) is 55.1 Å². The van der Waals surface area contributed by atoms with Crippen molar-refractivity contribution < 1.29 is 0 Å². The van der Waals surface area contributed by atoms with E-state index in [-0.39, 0.29) is 0 Å². The van der Waals surface area contributed by atoms with Crippen LogP contribution in [0.25, 0.3) is 5.57 Å². The van der Waals surface area contributed by atoms with Crippen molar-refractivity contribution in [2.24, 2.45) is 0 Å². The molecule has 2 aliphatic rings. The van der Waals surface area contributed by atoms with E-state index in [1.807, 2.05) is 0 Å². The minimum absolute atomic E-state index is 0.631. The minimum Gasteiger partial charge on any atom is -0.397 e. The number of aryl methyl sites for hydroxylation is 1. The zero-order chi connectivity index (χ0) is 11.3. The van der Waals surface area contributed by atoms with Gasteiger partial charge in [0.15, 0.2) is 0 Å². The second kappa shape index (κ2) is 3.34. The van der Waals surface area contributed by atoms with Crippen LogP contribution < -0.4 is 5.73 Å². The van der Waals surface area contributed by atoms with Crippen LogP contribution in [0.15, 0.2) is 6.08 Å². The van der Waals surface area contributed by atoms with Crippen LogP contribution in [0.2, 0.25) is 0 Å². The summed E-state index contributed by atoms with van der Waals surface area (Å²) in [6.07, 6.45) is 6.80. The normalized spacial score (nSPS) is 21.1. The van der Waals surface area contributed by atoms with Gasteiger partial charge in [0.2, 0.25) is 0 Å². The molecule has 0 saturated carbocycles. The lowest BCUT2D eigenvalue weighted by atomic mass is 9.74. The molecule has 1 heterocycles. The number of nitrogens with two attached hydrogens (primary N) is 1. The Bertz CT molecular complexity index is 486. The molecule has 0 saturated heterocycles. The van der Waals surface area contributed by atoms with Crippen molar-refractivity contribution in [1.82, 2.24) is 4.98 Å². The molecule has 84 valence electrons. The molecule has 0 spiro atoms. The Morgan fingerprint density at radius 3 is 2.88 bits per heavy atom. The average molecular weight is 214 g/mol. The van der Waals surface area contributed by atoms with Gasteiger partial charge in [-0.1, -0.05) is 19.9 Å². The molecule has 2 aliphatic carbocycles. The van der Waals surface area contributed by atoms with Gasteiger partial charge in [0.05, 0.1) is 17.1 Å². The molecule has 1 aromatic rings. The van der Waals surface area contributed by atoms with Crippen LogP contribution in [0.5, 0.6) is 0 Å². The van der Waals surface area contributed by atoms with E-state index in [4.69, 9.17) is 10.7 Å². The largest absolute Gasteiger partial charge is 0.397 e. The third kappa shape index (κ3) is 1.05. The lowest BCUT2D eigenvalue weighted by molar-refractivity contribution is 0.731. The number of hydrogen-bond acceptors (Lipinski definition) is 2. The highest BCUT2D eigenvalue weighted by Crippen LogP contribution is 2.54. The van der Waals surface area contributed by atoms with Gasteiger partial charge >= 0.3 is 0 Å². The summed E-state index contributed by atoms with van der Waals surface area (Å²) in [5.74, 6) is 0.631. The van der Waals surface area contributed by atoms with Crippen molar-refractivity contribution in [2.75, 3.05) is 5.73 Å². The van der Waals surface area contributed by atoms with E-state index < -0.39 is 0 Å². The molecule has 0 radical (unpaired) electrons. The summed E-state index contributed by atoms with van der Waals surface area (Å²) in [5, 5.41) is 0. The number of anilines is 1. The zero-order valence-electron chi connectivity index (χ0n) is 10.0. The Balaban J connectivity index is 2.23. The SMILES string of the molecule is CCc1nc2c(c(CC)c1N)C1=CCCC12. The molecule has 0 bridgehead atoms. The average Bonchev–Trinajstić information content (AvgIpc) is 2.70. The monoisotopic (exact) mass is 214 g/mol. The second-order valence-corrected chi connectivity index (χ2v) is 4.71. The Hall–Kier alpha value is -1.31. The summed E-state index contributed by atoms with van der Waals surface area (Å²) in [6.45, 7) is 4.32. The van der Waals surface area contributed by atoms with Gasteiger partial charge in [0.25, 0.3) is 0 Å². The smallest absolute Gasteiger partial charge is 0.0636 e. The maximum Gasteiger partial charge on any atom is 0.0636 e. The second-order valence-electron chi connectivity index (χ2n) is 4.71. The van der Waals surface area contributed by atoms with Crippen LogP contribution in [0.4, 0.5) is 5.69 Å². The quantitative estimate of drug-likeness (QED) is 0.821. The van der Waals surface area contributed by atoms with E-state index in [1.165, 1.54) is 35.2 Å². The fourth-order valence-corrected chi connectivity index (χ4v) is 3.12. The van der Waals surface area contributed by atoms with E-state index in [0.29, 0.717) is 5.92 Å². The number of hydrogen-bond donors (Lipinski definition) is 1. The fraction of sp³-hybridized carbons (Fsp3) is 0.500. The predicted molar refractivity (Wildman–Crippen MR) is 67.4 cm³/mol. The lowest BCUT2D eigenvalue weighted by Gasteiger charge is -2.32. The molecule has 0 aliphatic heterocycles. The molecular formula is C14H18N2. The van der Waals surface area contributed by atoms with Crippen LogP contribution in [-0.4, -0.2) is 4.98 Å². The van der Waals surface area contributed by atoms with Crippen molar-refractivity contribution in [3.63, 3.8) is 0 Å². The Morgan fingerprint density at radius 2 is 2.19 bits per heavy atom. The first kappa shape index (κ1) is 9.88. The molecule has 0 fully saturated rings. The van der Waals surface area contributed by atoms with Crippen molar-refractivity contribution in [3.05, 3.63) is 28.6 Å².